The Hall–Kier alpha value is -0.870. The molecule has 0 unspecified atom stereocenters. The van der Waals surface area contributed by atoms with Crippen LogP contribution in [0.4, 0.5) is 0 Å². The fraction of sp³-hybridized carbons (Fsp3) is 0.562. The van der Waals surface area contributed by atoms with Gasteiger partial charge in [0.05, 0.1) is 5.56 Å². The van der Waals surface area contributed by atoms with Gasteiger partial charge in [0.1, 0.15) is 0 Å². The second kappa shape index (κ2) is 5.86. The summed E-state index contributed by atoms with van der Waals surface area (Å²) in [6.07, 6.45) is 2.26. The van der Waals surface area contributed by atoms with E-state index in [1.54, 1.807) is 0 Å². The fourth-order valence-corrected chi connectivity index (χ4v) is 4.05. The molecule has 0 bridgehead atoms. The molecule has 20 heavy (non-hydrogen) atoms. The van der Waals surface area contributed by atoms with E-state index in [-0.39, 0.29) is 5.91 Å². The minimum absolute atomic E-state index is 0.171. The third kappa shape index (κ3) is 2.77. The number of fused-ring (bicyclic) bond motifs is 1. The van der Waals surface area contributed by atoms with Crippen LogP contribution in [0, 0.1) is 18.8 Å². The third-order valence-electron chi connectivity index (χ3n) is 4.66. The van der Waals surface area contributed by atoms with Crippen molar-refractivity contribution < 1.29 is 4.79 Å². The zero-order valence-corrected chi connectivity index (χ0v) is 13.4. The van der Waals surface area contributed by atoms with Gasteiger partial charge in [0, 0.05) is 17.6 Å². The van der Waals surface area contributed by atoms with E-state index in [1.807, 2.05) is 30.0 Å². The average molecular weight is 337 g/mol. The van der Waals surface area contributed by atoms with E-state index in [4.69, 9.17) is 0 Å². The van der Waals surface area contributed by atoms with Crippen molar-refractivity contribution in [1.82, 2.24) is 10.2 Å². The number of nitrogens with zero attached hydrogens (tertiary/aromatic N) is 1. The van der Waals surface area contributed by atoms with Gasteiger partial charge in [-0.15, -0.1) is 0 Å². The number of carbonyl (C=O) groups is 1. The molecule has 2 heterocycles. The molecule has 1 aromatic carbocycles. The second-order valence-electron chi connectivity index (χ2n) is 6.03. The van der Waals surface area contributed by atoms with Crippen molar-refractivity contribution in [3.8, 4) is 0 Å². The summed E-state index contributed by atoms with van der Waals surface area (Å²) in [5.41, 5.74) is 1.96. The van der Waals surface area contributed by atoms with Crippen molar-refractivity contribution in [2.75, 3.05) is 26.2 Å². The van der Waals surface area contributed by atoms with Crippen LogP contribution >= 0.6 is 15.9 Å². The van der Waals surface area contributed by atoms with Crippen LogP contribution in [0.5, 0.6) is 0 Å². The Morgan fingerprint density at radius 3 is 2.50 bits per heavy atom. The minimum Gasteiger partial charge on any atom is -0.339 e. The Balaban J connectivity index is 1.74. The Bertz CT molecular complexity index is 503. The summed E-state index contributed by atoms with van der Waals surface area (Å²) in [6.45, 7) is 6.07. The van der Waals surface area contributed by atoms with Crippen molar-refractivity contribution in [3.63, 3.8) is 0 Å². The van der Waals surface area contributed by atoms with Crippen LogP contribution < -0.4 is 5.32 Å². The van der Waals surface area contributed by atoms with Gasteiger partial charge in [0.2, 0.25) is 0 Å². The van der Waals surface area contributed by atoms with E-state index < -0.39 is 0 Å². The Kier molecular flexibility index (Phi) is 4.13. The van der Waals surface area contributed by atoms with Gasteiger partial charge in [-0.25, -0.2) is 0 Å². The Labute approximate surface area is 128 Å². The van der Waals surface area contributed by atoms with Crippen LogP contribution in [-0.2, 0) is 0 Å². The molecule has 2 atom stereocenters. The minimum atomic E-state index is 0.171. The molecule has 2 aliphatic rings. The van der Waals surface area contributed by atoms with Gasteiger partial charge in [-0.05, 0) is 78.3 Å². The molecule has 3 rings (SSSR count). The van der Waals surface area contributed by atoms with Crippen LogP contribution in [-0.4, -0.2) is 37.0 Å². The first-order valence-corrected chi connectivity index (χ1v) is 8.20. The summed E-state index contributed by atoms with van der Waals surface area (Å²) < 4.78 is 0.911. The quantitative estimate of drug-likeness (QED) is 0.855. The van der Waals surface area contributed by atoms with E-state index in [1.165, 1.54) is 5.56 Å². The van der Waals surface area contributed by atoms with Crippen molar-refractivity contribution in [2.24, 2.45) is 11.8 Å². The summed E-state index contributed by atoms with van der Waals surface area (Å²) >= 11 is 3.52. The van der Waals surface area contributed by atoms with E-state index >= 15 is 0 Å². The van der Waals surface area contributed by atoms with Crippen LogP contribution in [0.25, 0.3) is 0 Å². The van der Waals surface area contributed by atoms with Crippen molar-refractivity contribution in [2.45, 2.75) is 19.8 Å². The van der Waals surface area contributed by atoms with E-state index in [0.29, 0.717) is 0 Å². The first kappa shape index (κ1) is 14.1. The van der Waals surface area contributed by atoms with Gasteiger partial charge in [0.25, 0.3) is 5.91 Å². The number of halogens is 1. The average Bonchev–Trinajstić information content (AvgIpc) is 2.77. The number of hydrogen-bond donors (Lipinski definition) is 1. The van der Waals surface area contributed by atoms with Crippen LogP contribution in [0.2, 0.25) is 0 Å². The number of hydrogen-bond acceptors (Lipinski definition) is 2. The molecule has 4 heteroatoms. The number of benzene rings is 1. The molecular formula is C16H21BrN2O. The topological polar surface area (TPSA) is 32.3 Å². The number of rotatable bonds is 1. The lowest BCUT2D eigenvalue weighted by Gasteiger charge is -2.21. The maximum absolute atomic E-state index is 12.7. The molecule has 1 N–H and O–H groups in total. The first-order chi connectivity index (χ1) is 9.65. The fourth-order valence-electron chi connectivity index (χ4n) is 3.39. The maximum atomic E-state index is 12.7. The molecule has 0 spiro atoms. The highest BCUT2D eigenvalue weighted by atomic mass is 79.9. The van der Waals surface area contributed by atoms with Gasteiger partial charge in [-0.2, -0.15) is 0 Å². The van der Waals surface area contributed by atoms with E-state index in [0.717, 1.165) is 60.9 Å². The molecule has 0 radical (unpaired) electrons. The predicted molar refractivity (Wildman–Crippen MR) is 83.9 cm³/mol. The first-order valence-electron chi connectivity index (χ1n) is 7.41. The molecule has 0 saturated carbocycles. The summed E-state index contributed by atoms with van der Waals surface area (Å²) in [5.74, 6) is 1.69. The van der Waals surface area contributed by atoms with Crippen LogP contribution in [0.15, 0.2) is 22.7 Å². The molecule has 2 aliphatic heterocycles. The van der Waals surface area contributed by atoms with Crippen molar-refractivity contribution in [3.05, 3.63) is 33.8 Å². The molecule has 0 aromatic heterocycles. The SMILES string of the molecule is Cc1ccc(C(=O)N2CC[C@@H]3CNC[C@@H]3CC2)c(Br)c1. The number of aryl methyl sites for hydroxylation is 1. The van der Waals surface area contributed by atoms with Gasteiger partial charge >= 0.3 is 0 Å². The monoisotopic (exact) mass is 336 g/mol. The highest BCUT2D eigenvalue weighted by molar-refractivity contribution is 9.10. The van der Waals surface area contributed by atoms with Crippen molar-refractivity contribution >= 4 is 21.8 Å². The van der Waals surface area contributed by atoms with Crippen LogP contribution in [0.1, 0.15) is 28.8 Å². The standard InChI is InChI=1S/C16H21BrN2O/c1-11-2-3-14(15(17)8-11)16(20)19-6-4-12-9-18-10-13(12)5-7-19/h2-3,8,12-13,18H,4-7,9-10H2,1H3/t12-,13+. The molecule has 3 nitrogen and oxygen atoms in total. The number of nitrogens with one attached hydrogen (secondary N) is 1. The highest BCUT2D eigenvalue weighted by Gasteiger charge is 2.31. The Morgan fingerprint density at radius 1 is 1.25 bits per heavy atom. The van der Waals surface area contributed by atoms with Gasteiger partial charge in [-0.3, -0.25) is 4.79 Å². The molecule has 0 aliphatic carbocycles. The second-order valence-corrected chi connectivity index (χ2v) is 6.89. The number of carbonyl (C=O) groups excluding carboxylic acids is 1. The van der Waals surface area contributed by atoms with E-state index in [2.05, 4.69) is 21.2 Å². The largest absolute Gasteiger partial charge is 0.339 e. The number of likely N-dealkylation sites (tertiary alicyclic amines) is 1. The van der Waals surface area contributed by atoms with E-state index in [9.17, 15) is 4.79 Å². The van der Waals surface area contributed by atoms with Crippen LogP contribution in [0.3, 0.4) is 0 Å². The summed E-state index contributed by atoms with van der Waals surface area (Å²) in [5, 5.41) is 3.47. The molecule has 2 saturated heterocycles. The summed E-state index contributed by atoms with van der Waals surface area (Å²) in [7, 11) is 0. The molecular weight excluding hydrogens is 316 g/mol. The predicted octanol–water partition coefficient (Wildman–Crippen LogP) is 2.83. The lowest BCUT2D eigenvalue weighted by molar-refractivity contribution is 0.0757. The molecule has 1 amide bonds. The van der Waals surface area contributed by atoms with Crippen molar-refractivity contribution in [1.29, 1.82) is 0 Å². The molecule has 1 aromatic rings. The normalized spacial score (nSPS) is 26.2. The van der Waals surface area contributed by atoms with Gasteiger partial charge in [0.15, 0.2) is 0 Å². The number of amides is 1. The van der Waals surface area contributed by atoms with Gasteiger partial charge < -0.3 is 10.2 Å². The lowest BCUT2D eigenvalue weighted by Crippen LogP contribution is -2.33. The maximum Gasteiger partial charge on any atom is 0.254 e. The zero-order valence-electron chi connectivity index (χ0n) is 11.9. The zero-order chi connectivity index (χ0) is 14.1. The Morgan fingerprint density at radius 2 is 1.90 bits per heavy atom. The smallest absolute Gasteiger partial charge is 0.254 e. The summed E-state index contributed by atoms with van der Waals surface area (Å²) in [6, 6.07) is 5.97. The highest BCUT2D eigenvalue weighted by Crippen LogP contribution is 2.28. The van der Waals surface area contributed by atoms with Gasteiger partial charge in [-0.1, -0.05) is 6.07 Å². The summed E-state index contributed by atoms with van der Waals surface area (Å²) in [4.78, 5) is 14.7. The third-order valence-corrected chi connectivity index (χ3v) is 5.32. The lowest BCUT2D eigenvalue weighted by atomic mass is 9.92. The molecule has 2 fully saturated rings. The molecule has 108 valence electrons.